The van der Waals surface area contributed by atoms with Crippen LogP contribution < -0.4 is 5.30 Å². The number of aromatic carboxylic acids is 1. The summed E-state index contributed by atoms with van der Waals surface area (Å²) in [7, 11) is -3.38. The van der Waals surface area contributed by atoms with Crippen LogP contribution in [0.3, 0.4) is 0 Å². The molecule has 0 saturated heterocycles. The van der Waals surface area contributed by atoms with Crippen molar-refractivity contribution in [3.8, 4) is 0 Å². The minimum absolute atomic E-state index is 0.166. The topological polar surface area (TPSA) is 72.8 Å². The predicted molar refractivity (Wildman–Crippen MR) is 66.5 cm³/mol. The fourth-order valence-corrected chi connectivity index (χ4v) is 4.50. The molecule has 0 unspecified atom stereocenters. The Balaban J connectivity index is 3.20. The summed E-state index contributed by atoms with van der Waals surface area (Å²) < 4.78 is 22.8. The smallest absolute Gasteiger partial charge is 0.362 e. The van der Waals surface area contributed by atoms with E-state index in [1.54, 1.807) is 20.8 Å². The monoisotopic (exact) mass is 278 g/mol. The third kappa shape index (κ3) is 2.96. The Hall–Kier alpha value is -0.680. The summed E-state index contributed by atoms with van der Waals surface area (Å²) in [6, 6.07) is 0. The van der Waals surface area contributed by atoms with Gasteiger partial charge in [-0.1, -0.05) is 0 Å². The number of carbonyl (C=O) groups is 1. The number of hydrogen-bond donors (Lipinski definition) is 1. The van der Waals surface area contributed by atoms with Crippen molar-refractivity contribution in [2.75, 3.05) is 13.2 Å². The molecule has 0 radical (unpaired) electrons. The highest BCUT2D eigenvalue weighted by atomic mass is 32.1. The van der Waals surface area contributed by atoms with E-state index in [4.69, 9.17) is 14.2 Å². The lowest BCUT2D eigenvalue weighted by atomic mass is 10.3. The molecule has 96 valence electrons. The molecule has 5 nitrogen and oxygen atoms in total. The molecule has 0 aliphatic rings. The fraction of sp³-hybridized carbons (Fsp3) is 0.500. The number of carboxylic acid groups (broad SMARTS) is 1. The van der Waals surface area contributed by atoms with Gasteiger partial charge in [-0.15, -0.1) is 11.3 Å². The molecular formula is C10H15O5PS. The summed E-state index contributed by atoms with van der Waals surface area (Å²) in [5, 5.41) is 10.8. The van der Waals surface area contributed by atoms with E-state index in [-0.39, 0.29) is 18.1 Å². The summed E-state index contributed by atoms with van der Waals surface area (Å²) in [4.78, 5) is 11.1. The number of hydrogen-bond acceptors (Lipinski definition) is 5. The maximum absolute atomic E-state index is 12.4. The van der Waals surface area contributed by atoms with Gasteiger partial charge in [-0.3, -0.25) is 4.57 Å². The van der Waals surface area contributed by atoms with E-state index >= 15 is 0 Å². The maximum atomic E-state index is 12.4. The van der Waals surface area contributed by atoms with E-state index in [2.05, 4.69) is 0 Å². The third-order valence-corrected chi connectivity index (χ3v) is 5.60. The molecule has 1 aromatic heterocycles. The second-order valence-corrected chi connectivity index (χ2v) is 6.09. The summed E-state index contributed by atoms with van der Waals surface area (Å²) in [5.41, 5.74) is 0.452. The highest BCUT2D eigenvalue weighted by Gasteiger charge is 2.31. The molecule has 0 aliphatic carbocycles. The number of rotatable bonds is 6. The molecule has 0 aromatic carbocycles. The standard InChI is InChI=1S/C10H15O5PS/c1-4-14-16(13,15-5-2)8-6-17-9(7(8)3)10(11)12/h6H,4-5H2,1-3H3,(H,11,12). The lowest BCUT2D eigenvalue weighted by molar-refractivity contribution is 0.0701. The van der Waals surface area contributed by atoms with Crippen molar-refractivity contribution in [2.24, 2.45) is 0 Å². The molecular weight excluding hydrogens is 263 g/mol. The van der Waals surface area contributed by atoms with Gasteiger partial charge in [-0.05, 0) is 26.3 Å². The van der Waals surface area contributed by atoms with Gasteiger partial charge in [0.2, 0.25) is 0 Å². The van der Waals surface area contributed by atoms with E-state index in [0.29, 0.717) is 10.9 Å². The van der Waals surface area contributed by atoms with Crippen molar-refractivity contribution in [3.05, 3.63) is 15.8 Å². The van der Waals surface area contributed by atoms with E-state index in [1.807, 2.05) is 0 Å². The number of carboxylic acids is 1. The quantitative estimate of drug-likeness (QED) is 0.810. The Morgan fingerprint density at radius 1 is 1.41 bits per heavy atom. The lowest BCUT2D eigenvalue weighted by Gasteiger charge is -2.16. The van der Waals surface area contributed by atoms with Crippen LogP contribution in [0, 0.1) is 6.92 Å². The van der Waals surface area contributed by atoms with Gasteiger partial charge in [0.1, 0.15) is 4.88 Å². The van der Waals surface area contributed by atoms with Gasteiger partial charge >= 0.3 is 13.6 Å². The molecule has 0 atom stereocenters. The van der Waals surface area contributed by atoms with Crippen LogP contribution in [0.4, 0.5) is 0 Å². The molecule has 1 aromatic rings. The van der Waals surface area contributed by atoms with E-state index < -0.39 is 13.6 Å². The van der Waals surface area contributed by atoms with Crippen molar-refractivity contribution in [3.63, 3.8) is 0 Å². The van der Waals surface area contributed by atoms with Gasteiger partial charge in [0, 0.05) is 5.38 Å². The van der Waals surface area contributed by atoms with E-state index in [1.165, 1.54) is 5.38 Å². The summed E-state index contributed by atoms with van der Waals surface area (Å²) in [5.74, 6) is -1.03. The van der Waals surface area contributed by atoms with Crippen LogP contribution >= 0.6 is 18.9 Å². The lowest BCUT2D eigenvalue weighted by Crippen LogP contribution is -2.12. The zero-order valence-electron chi connectivity index (χ0n) is 9.93. The zero-order chi connectivity index (χ0) is 13.1. The first-order chi connectivity index (χ1) is 7.96. The van der Waals surface area contributed by atoms with Crippen LogP contribution in [0.1, 0.15) is 29.1 Å². The molecule has 1 rings (SSSR count). The first kappa shape index (κ1) is 14.4. The van der Waals surface area contributed by atoms with Crippen LogP contribution in [-0.2, 0) is 13.6 Å². The van der Waals surface area contributed by atoms with Gasteiger partial charge in [-0.25, -0.2) is 4.79 Å². The first-order valence-electron chi connectivity index (χ1n) is 5.17. The van der Waals surface area contributed by atoms with Crippen LogP contribution in [-0.4, -0.2) is 24.3 Å². The SMILES string of the molecule is CCOP(=O)(OCC)c1csc(C(=O)O)c1C. The Kier molecular flexibility index (Phi) is 4.89. The molecule has 7 heteroatoms. The van der Waals surface area contributed by atoms with Gasteiger partial charge in [0.05, 0.1) is 18.5 Å². The van der Waals surface area contributed by atoms with Crippen LogP contribution in [0.2, 0.25) is 0 Å². The zero-order valence-corrected chi connectivity index (χ0v) is 11.6. The van der Waals surface area contributed by atoms with Crippen LogP contribution in [0.25, 0.3) is 0 Å². The summed E-state index contributed by atoms with van der Waals surface area (Å²) >= 11 is 1.03. The van der Waals surface area contributed by atoms with Crippen molar-refractivity contribution in [1.82, 2.24) is 0 Å². The minimum atomic E-state index is -3.38. The second-order valence-electron chi connectivity index (χ2n) is 3.21. The maximum Gasteiger partial charge on any atom is 0.362 e. The Bertz CT molecular complexity index is 444. The molecule has 0 spiro atoms. The van der Waals surface area contributed by atoms with Crippen LogP contribution in [0.5, 0.6) is 0 Å². The van der Waals surface area contributed by atoms with Gasteiger partial charge < -0.3 is 14.2 Å². The van der Waals surface area contributed by atoms with Crippen LogP contribution in [0.15, 0.2) is 5.38 Å². The van der Waals surface area contributed by atoms with Crippen molar-refractivity contribution in [2.45, 2.75) is 20.8 Å². The van der Waals surface area contributed by atoms with Crippen molar-refractivity contribution >= 4 is 30.2 Å². The average molecular weight is 278 g/mol. The Morgan fingerprint density at radius 2 is 1.94 bits per heavy atom. The molecule has 0 saturated carbocycles. The molecule has 0 amide bonds. The predicted octanol–water partition coefficient (Wildman–Crippen LogP) is 2.65. The molecule has 0 fully saturated rings. The van der Waals surface area contributed by atoms with Gasteiger partial charge in [0.25, 0.3) is 0 Å². The van der Waals surface area contributed by atoms with Gasteiger partial charge in [0.15, 0.2) is 0 Å². The molecule has 1 N–H and O–H groups in total. The minimum Gasteiger partial charge on any atom is -0.477 e. The van der Waals surface area contributed by atoms with Crippen molar-refractivity contribution in [1.29, 1.82) is 0 Å². The molecule has 0 bridgehead atoms. The van der Waals surface area contributed by atoms with Crippen molar-refractivity contribution < 1.29 is 23.5 Å². The second kappa shape index (κ2) is 5.78. The normalized spacial score (nSPS) is 11.7. The van der Waals surface area contributed by atoms with Gasteiger partial charge in [-0.2, -0.15) is 0 Å². The molecule has 17 heavy (non-hydrogen) atoms. The highest BCUT2D eigenvalue weighted by molar-refractivity contribution is 7.62. The summed E-state index contributed by atoms with van der Waals surface area (Å²) in [6.07, 6.45) is 0. The average Bonchev–Trinajstić information content (AvgIpc) is 2.61. The Labute approximate surface area is 104 Å². The molecule has 1 heterocycles. The molecule has 0 aliphatic heterocycles. The first-order valence-corrected chi connectivity index (χ1v) is 7.59. The highest BCUT2D eigenvalue weighted by Crippen LogP contribution is 2.48. The fourth-order valence-electron chi connectivity index (χ4n) is 1.40. The number of thiophene rings is 1. The van der Waals surface area contributed by atoms with E-state index in [9.17, 15) is 9.36 Å². The third-order valence-electron chi connectivity index (χ3n) is 2.10. The largest absolute Gasteiger partial charge is 0.477 e. The Morgan fingerprint density at radius 3 is 2.29 bits per heavy atom. The van der Waals surface area contributed by atoms with E-state index in [0.717, 1.165) is 11.3 Å². The summed E-state index contributed by atoms with van der Waals surface area (Å²) in [6.45, 7) is 5.53.